The average molecular weight is 299 g/mol. The zero-order chi connectivity index (χ0) is 12.3. The van der Waals surface area contributed by atoms with Crippen molar-refractivity contribution in [2.45, 2.75) is 19.1 Å². The highest BCUT2D eigenvalue weighted by molar-refractivity contribution is 9.09. The number of rotatable bonds is 2. The number of halogens is 1. The standard InChI is InChI=1S/C12H15BrN2O2/c1-9-7-15(8-11(5-13)17-9)12(16)10-3-2-4-14-6-10/h2-4,6,9,11H,5,7-8H2,1H3. The van der Waals surface area contributed by atoms with Gasteiger partial charge in [0, 0.05) is 30.8 Å². The van der Waals surface area contributed by atoms with Crippen molar-refractivity contribution in [3.8, 4) is 0 Å². The number of amides is 1. The van der Waals surface area contributed by atoms with Crippen molar-refractivity contribution < 1.29 is 9.53 Å². The molecule has 0 radical (unpaired) electrons. The van der Waals surface area contributed by atoms with E-state index in [0.717, 1.165) is 5.33 Å². The molecule has 1 aromatic rings. The fourth-order valence-electron chi connectivity index (χ4n) is 1.97. The van der Waals surface area contributed by atoms with Gasteiger partial charge in [0.05, 0.1) is 17.8 Å². The molecule has 2 unspecified atom stereocenters. The van der Waals surface area contributed by atoms with Crippen LogP contribution in [0, 0.1) is 0 Å². The van der Waals surface area contributed by atoms with Gasteiger partial charge in [0.2, 0.25) is 0 Å². The molecular formula is C12H15BrN2O2. The second-order valence-corrected chi connectivity index (χ2v) is 4.82. The smallest absolute Gasteiger partial charge is 0.255 e. The number of aromatic nitrogens is 1. The molecule has 0 spiro atoms. The molecule has 0 bridgehead atoms. The van der Waals surface area contributed by atoms with Crippen LogP contribution in [0.15, 0.2) is 24.5 Å². The molecule has 0 aromatic carbocycles. The number of ether oxygens (including phenoxy) is 1. The lowest BCUT2D eigenvalue weighted by atomic mass is 10.2. The van der Waals surface area contributed by atoms with E-state index >= 15 is 0 Å². The van der Waals surface area contributed by atoms with Gasteiger partial charge in [-0.2, -0.15) is 0 Å². The summed E-state index contributed by atoms with van der Waals surface area (Å²) in [6.07, 6.45) is 3.41. The summed E-state index contributed by atoms with van der Waals surface area (Å²) in [5.74, 6) is 0.0270. The van der Waals surface area contributed by atoms with Crippen molar-refractivity contribution in [3.05, 3.63) is 30.1 Å². The summed E-state index contributed by atoms with van der Waals surface area (Å²) in [6, 6.07) is 3.57. The quantitative estimate of drug-likeness (QED) is 0.781. The molecule has 1 aromatic heterocycles. The molecule has 92 valence electrons. The molecule has 2 rings (SSSR count). The molecule has 2 atom stereocenters. The van der Waals surface area contributed by atoms with Gasteiger partial charge in [0.15, 0.2) is 0 Å². The van der Waals surface area contributed by atoms with Crippen LogP contribution in [0.4, 0.5) is 0 Å². The van der Waals surface area contributed by atoms with Gasteiger partial charge < -0.3 is 9.64 Å². The third kappa shape index (κ3) is 3.04. The molecule has 2 heterocycles. The zero-order valence-electron chi connectivity index (χ0n) is 9.67. The van der Waals surface area contributed by atoms with Gasteiger partial charge in [-0.05, 0) is 19.1 Å². The van der Waals surface area contributed by atoms with Crippen LogP contribution in [-0.4, -0.2) is 46.4 Å². The van der Waals surface area contributed by atoms with Gasteiger partial charge in [-0.15, -0.1) is 0 Å². The summed E-state index contributed by atoms with van der Waals surface area (Å²) in [5.41, 5.74) is 0.634. The predicted octanol–water partition coefficient (Wildman–Crippen LogP) is 1.71. The number of alkyl halides is 1. The Balaban J connectivity index is 2.09. The Hall–Kier alpha value is -0.940. The van der Waals surface area contributed by atoms with E-state index in [1.807, 2.05) is 11.8 Å². The van der Waals surface area contributed by atoms with E-state index in [2.05, 4.69) is 20.9 Å². The van der Waals surface area contributed by atoms with Crippen molar-refractivity contribution >= 4 is 21.8 Å². The van der Waals surface area contributed by atoms with E-state index in [1.54, 1.807) is 24.5 Å². The second-order valence-electron chi connectivity index (χ2n) is 4.17. The normalized spacial score (nSPS) is 24.7. The fourth-order valence-corrected chi connectivity index (χ4v) is 2.33. The predicted molar refractivity (Wildman–Crippen MR) is 68.3 cm³/mol. The van der Waals surface area contributed by atoms with Crippen molar-refractivity contribution in [2.24, 2.45) is 0 Å². The Bertz CT molecular complexity index is 385. The van der Waals surface area contributed by atoms with Gasteiger partial charge >= 0.3 is 0 Å². The molecule has 4 nitrogen and oxygen atoms in total. The average Bonchev–Trinajstić information content (AvgIpc) is 2.38. The Kier molecular flexibility index (Phi) is 4.12. The van der Waals surface area contributed by atoms with Gasteiger partial charge in [-0.3, -0.25) is 9.78 Å². The lowest BCUT2D eigenvalue weighted by Crippen LogP contribution is -2.49. The largest absolute Gasteiger partial charge is 0.371 e. The maximum Gasteiger partial charge on any atom is 0.255 e. The molecular weight excluding hydrogens is 284 g/mol. The zero-order valence-corrected chi connectivity index (χ0v) is 11.3. The van der Waals surface area contributed by atoms with E-state index < -0.39 is 0 Å². The van der Waals surface area contributed by atoms with Crippen LogP contribution >= 0.6 is 15.9 Å². The van der Waals surface area contributed by atoms with Gasteiger partial charge in [0.25, 0.3) is 5.91 Å². The molecule has 1 aliphatic heterocycles. The van der Waals surface area contributed by atoms with Crippen LogP contribution < -0.4 is 0 Å². The third-order valence-electron chi connectivity index (χ3n) is 2.69. The van der Waals surface area contributed by atoms with Crippen molar-refractivity contribution in [2.75, 3.05) is 18.4 Å². The molecule has 0 aliphatic carbocycles. The number of hydrogen-bond donors (Lipinski definition) is 0. The summed E-state index contributed by atoms with van der Waals surface area (Å²) in [5, 5.41) is 0.744. The highest BCUT2D eigenvalue weighted by atomic mass is 79.9. The van der Waals surface area contributed by atoms with E-state index in [1.165, 1.54) is 0 Å². The maximum atomic E-state index is 12.2. The molecule has 1 aliphatic rings. The maximum absolute atomic E-state index is 12.2. The van der Waals surface area contributed by atoms with Crippen LogP contribution in [-0.2, 0) is 4.74 Å². The number of morpholine rings is 1. The van der Waals surface area contributed by atoms with Crippen LogP contribution in [0.5, 0.6) is 0 Å². The van der Waals surface area contributed by atoms with Gasteiger partial charge in [-0.1, -0.05) is 15.9 Å². The van der Waals surface area contributed by atoms with Crippen molar-refractivity contribution in [1.82, 2.24) is 9.88 Å². The Morgan fingerprint density at radius 2 is 2.47 bits per heavy atom. The number of carbonyl (C=O) groups excluding carboxylic acids is 1. The summed E-state index contributed by atoms with van der Waals surface area (Å²) >= 11 is 3.40. The topological polar surface area (TPSA) is 42.4 Å². The van der Waals surface area contributed by atoms with Gasteiger partial charge in [0.1, 0.15) is 0 Å². The third-order valence-corrected chi connectivity index (χ3v) is 3.42. The van der Waals surface area contributed by atoms with Crippen LogP contribution in [0.2, 0.25) is 0 Å². The monoisotopic (exact) mass is 298 g/mol. The SMILES string of the molecule is CC1CN(C(=O)c2cccnc2)CC(CBr)O1. The summed E-state index contributed by atoms with van der Waals surface area (Å²) in [7, 11) is 0. The molecule has 0 saturated carbocycles. The number of carbonyl (C=O) groups is 1. The van der Waals surface area contributed by atoms with Crippen LogP contribution in [0.25, 0.3) is 0 Å². The minimum atomic E-state index is 0.0270. The Morgan fingerprint density at radius 1 is 1.65 bits per heavy atom. The minimum absolute atomic E-state index is 0.0270. The van der Waals surface area contributed by atoms with E-state index in [-0.39, 0.29) is 18.1 Å². The highest BCUT2D eigenvalue weighted by Gasteiger charge is 2.28. The van der Waals surface area contributed by atoms with Gasteiger partial charge in [-0.25, -0.2) is 0 Å². The van der Waals surface area contributed by atoms with Crippen LogP contribution in [0.3, 0.4) is 0 Å². The lowest BCUT2D eigenvalue weighted by molar-refractivity contribution is -0.0559. The van der Waals surface area contributed by atoms with Crippen LogP contribution in [0.1, 0.15) is 17.3 Å². The summed E-state index contributed by atoms with van der Waals surface area (Å²) in [4.78, 5) is 18.0. The number of pyridine rings is 1. The first-order valence-corrected chi connectivity index (χ1v) is 6.73. The number of nitrogens with zero attached hydrogens (tertiary/aromatic N) is 2. The summed E-state index contributed by atoms with van der Waals surface area (Å²) < 4.78 is 5.70. The lowest BCUT2D eigenvalue weighted by Gasteiger charge is -2.36. The minimum Gasteiger partial charge on any atom is -0.371 e. The second kappa shape index (κ2) is 5.60. The van der Waals surface area contributed by atoms with Crippen molar-refractivity contribution in [1.29, 1.82) is 0 Å². The molecule has 1 fully saturated rings. The highest BCUT2D eigenvalue weighted by Crippen LogP contribution is 2.15. The van der Waals surface area contributed by atoms with E-state index in [4.69, 9.17) is 4.74 Å². The molecule has 1 saturated heterocycles. The Morgan fingerprint density at radius 3 is 3.12 bits per heavy atom. The van der Waals surface area contributed by atoms with E-state index in [9.17, 15) is 4.79 Å². The summed E-state index contributed by atoms with van der Waals surface area (Å²) in [6.45, 7) is 3.25. The first kappa shape index (κ1) is 12.5. The van der Waals surface area contributed by atoms with Crippen molar-refractivity contribution in [3.63, 3.8) is 0 Å². The fraction of sp³-hybridized carbons (Fsp3) is 0.500. The molecule has 0 N–H and O–H groups in total. The number of hydrogen-bond acceptors (Lipinski definition) is 3. The molecule has 1 amide bonds. The first-order valence-electron chi connectivity index (χ1n) is 5.61. The first-order chi connectivity index (χ1) is 8.20. The molecule has 5 heteroatoms. The Labute approximate surface area is 109 Å². The van der Waals surface area contributed by atoms with E-state index in [0.29, 0.717) is 18.7 Å². The molecule has 17 heavy (non-hydrogen) atoms.